The molecule has 0 radical (unpaired) electrons. The molecule has 2 rings (SSSR count). The molecule has 0 spiro atoms. The third-order valence-corrected chi connectivity index (χ3v) is 2.96. The molecular weight excluding hydrogens is 290 g/mol. The van der Waals surface area contributed by atoms with Gasteiger partial charge in [0.25, 0.3) is 0 Å². The number of hydrogen-bond donors (Lipinski definition) is 2. The summed E-state index contributed by atoms with van der Waals surface area (Å²) in [6.07, 6.45) is 0.171. The van der Waals surface area contributed by atoms with Crippen LogP contribution >= 0.6 is 0 Å². The average Bonchev–Trinajstić information content (AvgIpc) is 2.77. The third kappa shape index (κ3) is 4.37. The van der Waals surface area contributed by atoms with Gasteiger partial charge in [0.15, 0.2) is 0 Å². The molecule has 0 aromatic carbocycles. The van der Waals surface area contributed by atoms with Crippen molar-refractivity contribution in [3.63, 3.8) is 0 Å². The summed E-state index contributed by atoms with van der Waals surface area (Å²) in [5.74, 6) is -0.514. The van der Waals surface area contributed by atoms with Crippen molar-refractivity contribution >= 4 is 12.1 Å². The van der Waals surface area contributed by atoms with Crippen molar-refractivity contribution in [3.05, 3.63) is 11.8 Å². The minimum Gasteiger partial charge on any atom is -0.480 e. The number of carbonyl (C=O) groups is 2. The minimum atomic E-state index is -1.14. The molecule has 1 aromatic rings. The van der Waals surface area contributed by atoms with Gasteiger partial charge in [0.05, 0.1) is 12.3 Å². The topological polar surface area (TPSA) is 103 Å². The van der Waals surface area contributed by atoms with E-state index in [1.165, 1.54) is 0 Å². The van der Waals surface area contributed by atoms with Crippen molar-refractivity contribution in [2.75, 3.05) is 6.61 Å². The van der Waals surface area contributed by atoms with E-state index in [0.29, 0.717) is 18.2 Å². The van der Waals surface area contributed by atoms with Gasteiger partial charge in [-0.25, -0.2) is 14.3 Å². The van der Waals surface area contributed by atoms with E-state index in [1.807, 2.05) is 0 Å². The van der Waals surface area contributed by atoms with Crippen LogP contribution in [0.25, 0.3) is 0 Å². The number of carboxylic acids is 1. The zero-order valence-electron chi connectivity index (χ0n) is 13.0. The number of aromatic nitrogens is 2. The molecule has 0 bridgehead atoms. The van der Waals surface area contributed by atoms with Crippen molar-refractivity contribution in [1.29, 1.82) is 0 Å². The number of fused-ring (bicyclic) bond motifs is 1. The summed E-state index contributed by atoms with van der Waals surface area (Å²) in [5.41, 5.74) is -0.130. The van der Waals surface area contributed by atoms with E-state index in [0.717, 1.165) is 13.0 Å². The number of aliphatic carboxylic acids is 1. The molecule has 1 atom stereocenters. The molecule has 8 heteroatoms. The van der Waals surface area contributed by atoms with Gasteiger partial charge < -0.3 is 19.9 Å². The molecule has 2 heterocycles. The number of carboxylic acid groups (broad SMARTS) is 1. The number of carbonyl (C=O) groups excluding carboxylic acids is 1. The highest BCUT2D eigenvalue weighted by Gasteiger charge is 2.26. The lowest BCUT2D eigenvalue weighted by Crippen LogP contribution is -2.44. The Morgan fingerprint density at radius 1 is 1.55 bits per heavy atom. The Balaban J connectivity index is 2.01. The standard InChI is InChI=1S/C14H21N3O5/c1-14(2,3)22-13(20)15-10(12(18)19)7-9-8-11-17(16-9)5-4-6-21-11/h8,10H,4-7H2,1-3H3,(H,15,20)(H,18,19)/t10-/m0/s1. The number of rotatable bonds is 4. The Morgan fingerprint density at radius 2 is 2.27 bits per heavy atom. The van der Waals surface area contributed by atoms with Crippen LogP contribution in [-0.4, -0.2) is 45.2 Å². The molecule has 1 aliphatic heterocycles. The summed E-state index contributed by atoms with van der Waals surface area (Å²) < 4.78 is 12.2. The first-order chi connectivity index (χ1) is 10.2. The Kier molecular flexibility index (Phi) is 4.58. The van der Waals surface area contributed by atoms with E-state index in [1.54, 1.807) is 31.5 Å². The van der Waals surface area contributed by atoms with Gasteiger partial charge in [0.2, 0.25) is 5.88 Å². The first-order valence-corrected chi connectivity index (χ1v) is 7.16. The molecule has 1 aliphatic rings. The van der Waals surface area contributed by atoms with Gasteiger partial charge in [-0.15, -0.1) is 0 Å². The fourth-order valence-corrected chi connectivity index (χ4v) is 2.08. The molecule has 1 aromatic heterocycles. The van der Waals surface area contributed by atoms with E-state index in [9.17, 15) is 14.7 Å². The fourth-order valence-electron chi connectivity index (χ4n) is 2.08. The Morgan fingerprint density at radius 3 is 2.86 bits per heavy atom. The molecule has 122 valence electrons. The summed E-state index contributed by atoms with van der Waals surface area (Å²) in [4.78, 5) is 23.0. The molecule has 22 heavy (non-hydrogen) atoms. The highest BCUT2D eigenvalue weighted by Crippen LogP contribution is 2.19. The lowest BCUT2D eigenvalue weighted by molar-refractivity contribution is -0.139. The molecule has 0 fully saturated rings. The molecule has 2 N–H and O–H groups in total. The van der Waals surface area contributed by atoms with Crippen molar-refractivity contribution in [3.8, 4) is 5.88 Å². The summed E-state index contributed by atoms with van der Waals surface area (Å²) in [6, 6.07) is 0.595. The maximum atomic E-state index is 11.7. The van der Waals surface area contributed by atoms with Gasteiger partial charge in [-0.1, -0.05) is 0 Å². The van der Waals surface area contributed by atoms with E-state index < -0.39 is 23.7 Å². The van der Waals surface area contributed by atoms with Crippen LogP contribution in [0.15, 0.2) is 6.07 Å². The van der Waals surface area contributed by atoms with Gasteiger partial charge in [-0.2, -0.15) is 5.10 Å². The lowest BCUT2D eigenvalue weighted by atomic mass is 10.1. The predicted molar refractivity (Wildman–Crippen MR) is 76.8 cm³/mol. The first-order valence-electron chi connectivity index (χ1n) is 7.16. The molecular formula is C14H21N3O5. The predicted octanol–water partition coefficient (Wildman–Crippen LogP) is 1.19. The number of aryl methyl sites for hydroxylation is 1. The largest absolute Gasteiger partial charge is 0.480 e. The van der Waals surface area contributed by atoms with E-state index in [-0.39, 0.29) is 6.42 Å². The van der Waals surface area contributed by atoms with Crippen molar-refractivity contribution in [2.24, 2.45) is 0 Å². The summed E-state index contributed by atoms with van der Waals surface area (Å²) in [6.45, 7) is 6.51. The Bertz CT molecular complexity index is 538. The Labute approximate surface area is 128 Å². The quantitative estimate of drug-likeness (QED) is 0.865. The summed E-state index contributed by atoms with van der Waals surface area (Å²) in [5, 5.41) is 15.9. The molecule has 0 saturated carbocycles. The van der Waals surface area contributed by atoms with Crippen LogP contribution in [0, 0.1) is 0 Å². The van der Waals surface area contributed by atoms with E-state index in [4.69, 9.17) is 9.47 Å². The van der Waals surface area contributed by atoms with Gasteiger partial charge in [0, 0.05) is 25.5 Å². The second-order valence-corrected chi connectivity index (χ2v) is 6.14. The maximum absolute atomic E-state index is 11.7. The fraction of sp³-hybridized carbons (Fsp3) is 0.643. The van der Waals surface area contributed by atoms with Crippen LogP contribution in [-0.2, 0) is 22.5 Å². The Hall–Kier alpha value is -2.25. The molecule has 0 saturated heterocycles. The number of amides is 1. The van der Waals surface area contributed by atoms with Crippen molar-refractivity contribution < 1.29 is 24.2 Å². The number of alkyl carbamates (subject to hydrolysis) is 1. The minimum absolute atomic E-state index is 0.0674. The normalized spacial score (nSPS) is 15.4. The monoisotopic (exact) mass is 311 g/mol. The zero-order valence-corrected chi connectivity index (χ0v) is 13.0. The van der Waals surface area contributed by atoms with Crippen LogP contribution in [0.3, 0.4) is 0 Å². The summed E-state index contributed by atoms with van der Waals surface area (Å²) in [7, 11) is 0. The molecule has 8 nitrogen and oxygen atoms in total. The average molecular weight is 311 g/mol. The van der Waals surface area contributed by atoms with Crippen LogP contribution in [0.5, 0.6) is 5.88 Å². The van der Waals surface area contributed by atoms with Gasteiger partial charge in [0.1, 0.15) is 11.6 Å². The molecule has 0 unspecified atom stereocenters. The van der Waals surface area contributed by atoms with Crippen LogP contribution in [0.2, 0.25) is 0 Å². The highest BCUT2D eigenvalue weighted by molar-refractivity contribution is 5.80. The second kappa shape index (κ2) is 6.25. The van der Waals surface area contributed by atoms with Gasteiger partial charge >= 0.3 is 12.1 Å². The third-order valence-electron chi connectivity index (χ3n) is 2.96. The van der Waals surface area contributed by atoms with Crippen LogP contribution in [0.1, 0.15) is 32.9 Å². The van der Waals surface area contributed by atoms with Gasteiger partial charge in [-0.3, -0.25) is 0 Å². The maximum Gasteiger partial charge on any atom is 0.408 e. The zero-order chi connectivity index (χ0) is 16.3. The molecule has 1 amide bonds. The van der Waals surface area contributed by atoms with Crippen molar-refractivity contribution in [2.45, 2.75) is 51.8 Å². The lowest BCUT2D eigenvalue weighted by Gasteiger charge is -2.21. The highest BCUT2D eigenvalue weighted by atomic mass is 16.6. The second-order valence-electron chi connectivity index (χ2n) is 6.14. The van der Waals surface area contributed by atoms with Crippen LogP contribution < -0.4 is 10.1 Å². The summed E-state index contributed by atoms with van der Waals surface area (Å²) >= 11 is 0. The van der Waals surface area contributed by atoms with E-state index in [2.05, 4.69) is 10.4 Å². The van der Waals surface area contributed by atoms with Crippen LogP contribution in [0.4, 0.5) is 4.79 Å². The number of nitrogens with one attached hydrogen (secondary N) is 1. The van der Waals surface area contributed by atoms with Gasteiger partial charge in [-0.05, 0) is 20.8 Å². The van der Waals surface area contributed by atoms with Crippen molar-refractivity contribution in [1.82, 2.24) is 15.1 Å². The first kappa shape index (κ1) is 16.1. The SMILES string of the molecule is CC(C)(C)OC(=O)N[C@@H](Cc1cc2n(n1)CCCO2)C(=O)O. The molecule has 0 aliphatic carbocycles. The van der Waals surface area contributed by atoms with E-state index >= 15 is 0 Å². The smallest absolute Gasteiger partial charge is 0.408 e. The number of nitrogens with zero attached hydrogens (tertiary/aromatic N) is 2. The number of hydrogen-bond acceptors (Lipinski definition) is 5. The number of ether oxygens (including phenoxy) is 2.